The highest BCUT2D eigenvalue weighted by molar-refractivity contribution is 8.05. The lowest BCUT2D eigenvalue weighted by molar-refractivity contribution is -0.160. The number of carbonyl (C=O) groups is 2. The lowest BCUT2D eigenvalue weighted by Crippen LogP contribution is -2.63. The molecule has 1 fully saturated rings. The van der Waals surface area contributed by atoms with Crippen molar-refractivity contribution < 1.29 is 24.2 Å². The van der Waals surface area contributed by atoms with Gasteiger partial charge in [-0.25, -0.2) is 4.79 Å². The van der Waals surface area contributed by atoms with Crippen molar-refractivity contribution in [3.63, 3.8) is 0 Å². The summed E-state index contributed by atoms with van der Waals surface area (Å²) in [5.74, 6) is -1.54. The van der Waals surface area contributed by atoms with E-state index in [1.54, 1.807) is 18.4 Å². The highest BCUT2D eigenvalue weighted by Gasteiger charge is 2.57. The van der Waals surface area contributed by atoms with Crippen LogP contribution in [0.5, 0.6) is 0 Å². The van der Waals surface area contributed by atoms with E-state index >= 15 is 0 Å². The van der Waals surface area contributed by atoms with Gasteiger partial charge in [-0.1, -0.05) is 0 Å². The van der Waals surface area contributed by atoms with E-state index in [1.807, 2.05) is 6.92 Å². The van der Waals surface area contributed by atoms with E-state index in [0.717, 1.165) is 0 Å². The van der Waals surface area contributed by atoms with Crippen LogP contribution in [0, 0.1) is 5.92 Å². The Morgan fingerprint density at radius 3 is 2.54 bits per heavy atom. The van der Waals surface area contributed by atoms with E-state index in [4.69, 9.17) is 4.43 Å². The van der Waals surface area contributed by atoms with Gasteiger partial charge in [0.05, 0.1) is 24.2 Å². The zero-order chi connectivity index (χ0) is 18.2. The molecule has 2 rings (SSSR count). The summed E-state index contributed by atoms with van der Waals surface area (Å²) >= 11 is 1.26. The summed E-state index contributed by atoms with van der Waals surface area (Å²) in [6.45, 7) is 9.74. The molecule has 0 radical (unpaired) electrons. The number of aliphatic hydroxyl groups excluding tert-OH is 1. The first-order valence-corrected chi connectivity index (χ1v) is 12.3. The van der Waals surface area contributed by atoms with Crippen molar-refractivity contribution in [3.05, 3.63) is 22.1 Å². The maximum absolute atomic E-state index is 12.5. The molecule has 24 heavy (non-hydrogen) atoms. The van der Waals surface area contributed by atoms with Gasteiger partial charge in [0.25, 0.3) is 0 Å². The van der Waals surface area contributed by atoms with Crippen molar-refractivity contribution >= 4 is 32.0 Å². The molecule has 0 bridgehead atoms. The van der Waals surface area contributed by atoms with Crippen LogP contribution in [0.2, 0.25) is 19.6 Å². The fourth-order valence-corrected chi connectivity index (χ4v) is 5.48. The van der Waals surface area contributed by atoms with Crippen molar-refractivity contribution in [2.24, 2.45) is 5.92 Å². The molecule has 4 atom stereocenters. The Labute approximate surface area is 147 Å². The van der Waals surface area contributed by atoms with Gasteiger partial charge in [0.15, 0.2) is 8.32 Å². The van der Waals surface area contributed by atoms with Crippen LogP contribution in [-0.2, 0) is 14.0 Å². The second-order valence-electron chi connectivity index (χ2n) is 7.20. The molecule has 0 aromatic rings. The maximum atomic E-state index is 12.5. The van der Waals surface area contributed by atoms with Gasteiger partial charge in [0.1, 0.15) is 5.70 Å². The number of aliphatic hydroxyl groups is 1. The van der Waals surface area contributed by atoms with Gasteiger partial charge in [-0.3, -0.25) is 4.79 Å². The molecule has 2 N–H and O–H groups in total. The van der Waals surface area contributed by atoms with E-state index in [-0.39, 0.29) is 29.7 Å². The first-order valence-electron chi connectivity index (χ1n) is 8.01. The number of fused-ring (bicyclic) bond motifs is 1. The summed E-state index contributed by atoms with van der Waals surface area (Å²) in [7, 11) is -1.77. The van der Waals surface area contributed by atoms with Crippen molar-refractivity contribution in [2.75, 3.05) is 0 Å². The predicted octanol–water partition coefficient (Wildman–Crippen LogP) is 2.38. The predicted molar refractivity (Wildman–Crippen MR) is 95.7 cm³/mol. The minimum Gasteiger partial charge on any atom is -0.477 e. The number of carboxylic acids is 1. The zero-order valence-corrected chi connectivity index (χ0v) is 16.5. The third kappa shape index (κ3) is 3.93. The van der Waals surface area contributed by atoms with E-state index < -0.39 is 20.4 Å². The Bertz CT molecular complexity index is 596. The topological polar surface area (TPSA) is 87.1 Å². The Morgan fingerprint density at radius 2 is 2.04 bits per heavy atom. The standard InChI is InChI=1S/C16H25NO5SSi/c1-9(18)6-7-23-12-8-11-13(10(2)22-24(3,4)5)15(19)17(11)14(12)16(20)21/h6-7,9-11,13,18H,8H2,1-5H3,(H,20,21)/b7-6+/t9?,10-,11+,13-/m0/s1. The molecule has 2 aliphatic heterocycles. The van der Waals surface area contributed by atoms with Gasteiger partial charge < -0.3 is 19.5 Å². The number of nitrogens with zero attached hydrogens (tertiary/aromatic N) is 1. The van der Waals surface area contributed by atoms with Crippen LogP contribution in [-0.4, -0.2) is 53.6 Å². The smallest absolute Gasteiger partial charge is 0.353 e. The van der Waals surface area contributed by atoms with Crippen LogP contribution in [0.25, 0.3) is 0 Å². The number of amides is 1. The van der Waals surface area contributed by atoms with Crippen LogP contribution in [0.4, 0.5) is 0 Å². The number of carbonyl (C=O) groups excluding carboxylic acids is 1. The average Bonchev–Trinajstić information content (AvgIpc) is 2.71. The van der Waals surface area contributed by atoms with E-state index in [2.05, 4.69) is 19.6 Å². The summed E-state index contributed by atoms with van der Waals surface area (Å²) < 4.78 is 6.04. The molecule has 1 saturated heterocycles. The van der Waals surface area contributed by atoms with Crippen LogP contribution in [0.3, 0.4) is 0 Å². The van der Waals surface area contributed by atoms with Gasteiger partial charge in [-0.15, -0.1) is 11.8 Å². The normalized spacial score (nSPS) is 26.6. The molecule has 134 valence electrons. The second-order valence-corrected chi connectivity index (χ2v) is 12.7. The van der Waals surface area contributed by atoms with Gasteiger partial charge in [-0.05, 0) is 45.0 Å². The van der Waals surface area contributed by atoms with E-state index in [9.17, 15) is 19.8 Å². The van der Waals surface area contributed by atoms with Crippen molar-refractivity contribution in [2.45, 2.75) is 58.2 Å². The highest BCUT2D eigenvalue weighted by atomic mass is 32.2. The third-order valence-corrected chi connectivity index (χ3v) is 6.00. The van der Waals surface area contributed by atoms with E-state index in [1.165, 1.54) is 16.7 Å². The molecule has 1 unspecified atom stereocenters. The molecule has 0 saturated carbocycles. The van der Waals surface area contributed by atoms with Gasteiger partial charge in [-0.2, -0.15) is 0 Å². The third-order valence-electron chi connectivity index (χ3n) is 3.98. The molecular formula is C16H25NO5SSi. The van der Waals surface area contributed by atoms with Crippen molar-refractivity contribution in [1.82, 2.24) is 4.90 Å². The minimum absolute atomic E-state index is 0.0710. The van der Waals surface area contributed by atoms with Gasteiger partial charge >= 0.3 is 5.97 Å². The average molecular weight is 372 g/mol. The molecule has 1 amide bonds. The number of β-lactam (4-membered cyclic amide) rings is 1. The van der Waals surface area contributed by atoms with Crippen LogP contribution < -0.4 is 0 Å². The summed E-state index contributed by atoms with van der Waals surface area (Å²) in [6, 6.07) is -0.141. The molecule has 0 aromatic carbocycles. The largest absolute Gasteiger partial charge is 0.477 e. The van der Waals surface area contributed by atoms with Crippen LogP contribution >= 0.6 is 11.8 Å². The van der Waals surface area contributed by atoms with E-state index in [0.29, 0.717) is 11.3 Å². The van der Waals surface area contributed by atoms with Crippen molar-refractivity contribution in [1.29, 1.82) is 0 Å². The number of hydrogen-bond donors (Lipinski definition) is 2. The molecule has 2 heterocycles. The SMILES string of the molecule is CC(O)/C=C/SC1=C(C(=O)O)N2C(=O)[C@@H]([C@H](C)O[Si](C)(C)C)[C@H]2C1. The van der Waals surface area contributed by atoms with Crippen LogP contribution in [0.15, 0.2) is 22.1 Å². The number of aliphatic carboxylic acids is 1. The van der Waals surface area contributed by atoms with Gasteiger partial charge in [0.2, 0.25) is 5.91 Å². The fourth-order valence-electron chi connectivity index (χ4n) is 3.19. The zero-order valence-electron chi connectivity index (χ0n) is 14.6. The molecule has 0 aromatic heterocycles. The molecule has 0 aliphatic carbocycles. The summed E-state index contributed by atoms with van der Waals surface area (Å²) in [5.41, 5.74) is 0.0710. The first kappa shape index (κ1) is 19.2. The number of hydrogen-bond acceptors (Lipinski definition) is 5. The van der Waals surface area contributed by atoms with Crippen LogP contribution in [0.1, 0.15) is 20.3 Å². The fraction of sp³-hybridized carbons (Fsp3) is 0.625. The number of thioether (sulfide) groups is 1. The first-order chi connectivity index (χ1) is 11.0. The molecule has 2 aliphatic rings. The Hall–Kier alpha value is -1.09. The number of rotatable bonds is 7. The molecule has 6 nitrogen and oxygen atoms in total. The van der Waals surface area contributed by atoms with Gasteiger partial charge in [0, 0.05) is 11.3 Å². The number of carboxylic acid groups (broad SMARTS) is 1. The summed E-state index contributed by atoms with van der Waals surface area (Å²) in [6.07, 6.45) is 1.30. The minimum atomic E-state index is -1.77. The highest BCUT2D eigenvalue weighted by Crippen LogP contribution is 2.47. The quantitative estimate of drug-likeness (QED) is 0.528. The molecule has 0 spiro atoms. The Kier molecular flexibility index (Phi) is 5.63. The summed E-state index contributed by atoms with van der Waals surface area (Å²) in [4.78, 5) is 26.1. The monoisotopic (exact) mass is 371 g/mol. The Balaban J connectivity index is 2.15. The molecular weight excluding hydrogens is 346 g/mol. The lowest BCUT2D eigenvalue weighted by Gasteiger charge is -2.46. The molecule has 8 heteroatoms. The summed E-state index contributed by atoms with van der Waals surface area (Å²) in [5, 5.41) is 20.4. The second kappa shape index (κ2) is 7.03. The Morgan fingerprint density at radius 1 is 1.42 bits per heavy atom. The van der Waals surface area contributed by atoms with Crippen molar-refractivity contribution in [3.8, 4) is 0 Å². The lowest BCUT2D eigenvalue weighted by atomic mass is 9.83. The maximum Gasteiger partial charge on any atom is 0.353 e.